The molecule has 2 fully saturated rings. The number of amides is 1. The van der Waals surface area contributed by atoms with Crippen LogP contribution in [0.4, 0.5) is 4.39 Å². The number of piperidine rings is 1. The molecule has 2 atom stereocenters. The maximum Gasteiger partial charge on any atom is 0.255 e. The Bertz CT molecular complexity index is 1450. The smallest absolute Gasteiger partial charge is 0.255 e. The average Bonchev–Trinajstić information content (AvgIpc) is 3.60. The van der Waals surface area contributed by atoms with Crippen molar-refractivity contribution in [2.24, 2.45) is 0 Å². The number of likely N-dealkylation sites (N-methyl/N-ethyl adjacent to an activating group) is 1. The van der Waals surface area contributed by atoms with Gasteiger partial charge >= 0.3 is 0 Å². The van der Waals surface area contributed by atoms with E-state index in [1.165, 1.54) is 11.3 Å². The van der Waals surface area contributed by atoms with Gasteiger partial charge in [-0.15, -0.1) is 24.8 Å². The first kappa shape index (κ1) is 28.6. The monoisotopic (exact) mass is 579 g/mol. The van der Waals surface area contributed by atoms with Gasteiger partial charge < -0.3 is 20.3 Å². The Kier molecular flexibility index (Phi) is 8.84. The SMILES string of the molecule is COc1cc2c(cc1C(=O)N[C@H]1CCCN(C)C1)sc1nc(-c3ccc(C4CCCN4)cc3F)cn12.Cl.Cl. The van der Waals surface area contributed by atoms with Crippen LogP contribution in [0.2, 0.25) is 0 Å². The summed E-state index contributed by atoms with van der Waals surface area (Å²) >= 11 is 1.48. The Morgan fingerprint density at radius 1 is 1.21 bits per heavy atom. The van der Waals surface area contributed by atoms with Crippen LogP contribution in [0.5, 0.6) is 5.75 Å². The molecule has 204 valence electrons. The summed E-state index contributed by atoms with van der Waals surface area (Å²) in [6.07, 6.45) is 6.05. The lowest BCUT2D eigenvalue weighted by Crippen LogP contribution is -2.46. The second-order valence-corrected chi connectivity index (χ2v) is 10.9. The molecule has 2 N–H and O–H groups in total. The number of aromatic nitrogens is 2. The second kappa shape index (κ2) is 11.8. The third-order valence-corrected chi connectivity index (χ3v) is 8.37. The number of nitrogens with zero attached hydrogens (tertiary/aromatic N) is 3. The molecular formula is C27H32Cl2FN5O2S. The molecule has 0 bridgehead atoms. The van der Waals surface area contributed by atoms with Crippen LogP contribution in [0.1, 0.15) is 47.6 Å². The highest BCUT2D eigenvalue weighted by atomic mass is 35.5. The van der Waals surface area contributed by atoms with E-state index in [1.807, 2.05) is 34.9 Å². The highest BCUT2D eigenvalue weighted by Gasteiger charge is 2.24. The second-order valence-electron chi connectivity index (χ2n) is 9.86. The molecule has 2 saturated heterocycles. The summed E-state index contributed by atoms with van der Waals surface area (Å²) in [5.74, 6) is 0.125. The van der Waals surface area contributed by atoms with Crippen molar-refractivity contribution in [2.45, 2.75) is 37.8 Å². The molecular weight excluding hydrogens is 548 g/mol. The van der Waals surface area contributed by atoms with Crippen LogP contribution in [-0.4, -0.2) is 60.0 Å². The van der Waals surface area contributed by atoms with E-state index in [-0.39, 0.29) is 48.6 Å². The Morgan fingerprint density at radius 3 is 2.76 bits per heavy atom. The number of carbonyl (C=O) groups is 1. The van der Waals surface area contributed by atoms with Crippen molar-refractivity contribution in [2.75, 3.05) is 33.8 Å². The van der Waals surface area contributed by atoms with Gasteiger partial charge in [-0.1, -0.05) is 17.4 Å². The predicted molar refractivity (Wildman–Crippen MR) is 155 cm³/mol. The first-order valence-corrected chi connectivity index (χ1v) is 13.3. The molecule has 0 radical (unpaired) electrons. The zero-order chi connectivity index (χ0) is 24.8. The molecule has 4 aromatic rings. The van der Waals surface area contributed by atoms with Gasteiger partial charge in [-0.2, -0.15) is 0 Å². The van der Waals surface area contributed by atoms with Crippen molar-refractivity contribution in [3.05, 3.63) is 53.5 Å². The zero-order valence-corrected chi connectivity index (χ0v) is 23.8. The minimum Gasteiger partial charge on any atom is -0.496 e. The lowest BCUT2D eigenvalue weighted by atomic mass is 10.0. The largest absolute Gasteiger partial charge is 0.496 e. The van der Waals surface area contributed by atoms with Gasteiger partial charge in [0.05, 0.1) is 28.6 Å². The van der Waals surface area contributed by atoms with Crippen LogP contribution in [0.25, 0.3) is 26.4 Å². The Hall–Kier alpha value is -2.43. The summed E-state index contributed by atoms with van der Waals surface area (Å²) in [6.45, 7) is 2.88. The molecule has 1 unspecified atom stereocenters. The predicted octanol–water partition coefficient (Wildman–Crippen LogP) is 5.46. The number of hydrogen-bond donors (Lipinski definition) is 2. The number of imidazole rings is 1. The fourth-order valence-electron chi connectivity index (χ4n) is 5.47. The van der Waals surface area contributed by atoms with Gasteiger partial charge in [-0.05, 0) is 69.6 Å². The number of hydrogen-bond acceptors (Lipinski definition) is 6. The Morgan fingerprint density at radius 2 is 2.05 bits per heavy atom. The normalized spacial score (nSPS) is 19.8. The Balaban J connectivity index is 0.00000168. The van der Waals surface area contributed by atoms with E-state index in [2.05, 4.69) is 22.6 Å². The summed E-state index contributed by atoms with van der Waals surface area (Å²) in [6, 6.07) is 9.54. The van der Waals surface area contributed by atoms with Crippen molar-refractivity contribution < 1.29 is 13.9 Å². The van der Waals surface area contributed by atoms with Crippen LogP contribution in [0.3, 0.4) is 0 Å². The van der Waals surface area contributed by atoms with E-state index in [4.69, 9.17) is 9.72 Å². The van der Waals surface area contributed by atoms with Crippen molar-refractivity contribution in [1.82, 2.24) is 24.9 Å². The van der Waals surface area contributed by atoms with Gasteiger partial charge in [0.2, 0.25) is 0 Å². The third-order valence-electron chi connectivity index (χ3n) is 7.35. The highest BCUT2D eigenvalue weighted by Crippen LogP contribution is 2.35. The lowest BCUT2D eigenvalue weighted by Gasteiger charge is -2.30. The number of halogens is 3. The summed E-state index contributed by atoms with van der Waals surface area (Å²) < 4.78 is 23.6. The van der Waals surface area contributed by atoms with Crippen LogP contribution in [0, 0.1) is 5.82 Å². The number of carbonyl (C=O) groups excluding carboxylic acids is 1. The molecule has 0 spiro atoms. The van der Waals surface area contributed by atoms with Crippen LogP contribution in [-0.2, 0) is 0 Å². The molecule has 7 nitrogen and oxygen atoms in total. The summed E-state index contributed by atoms with van der Waals surface area (Å²) in [7, 11) is 3.65. The van der Waals surface area contributed by atoms with Crippen molar-refractivity contribution >= 4 is 57.2 Å². The summed E-state index contributed by atoms with van der Waals surface area (Å²) in [5, 5.41) is 6.59. The molecule has 2 aromatic heterocycles. The van der Waals surface area contributed by atoms with E-state index in [9.17, 15) is 4.79 Å². The Labute approximate surface area is 237 Å². The maximum atomic E-state index is 15.1. The van der Waals surface area contributed by atoms with Gasteiger partial charge in [0.15, 0.2) is 4.96 Å². The number of likely N-dealkylation sites (tertiary alicyclic amines) is 1. The standard InChI is InChI=1S/C27H30FN5O2S.2ClH/c1-32-10-4-5-17(14-32)30-26(34)19-12-25-23(13-24(19)35-2)33-15-22(31-27(33)36-25)18-8-7-16(11-20(18)28)21-6-3-9-29-21;;/h7-8,11-13,15,17,21,29H,3-6,9-10,14H2,1-2H3,(H,30,34);2*1H/t17-,21?;;/m0../s1. The van der Waals surface area contributed by atoms with E-state index in [1.54, 1.807) is 13.2 Å². The van der Waals surface area contributed by atoms with E-state index >= 15 is 4.39 Å². The number of thiazole rings is 1. The number of methoxy groups -OCH3 is 1. The quantitative estimate of drug-likeness (QED) is 0.329. The highest BCUT2D eigenvalue weighted by molar-refractivity contribution is 7.23. The number of fused-ring (bicyclic) bond motifs is 3. The molecule has 0 aliphatic carbocycles. The van der Waals surface area contributed by atoms with Crippen LogP contribution >= 0.6 is 36.2 Å². The zero-order valence-electron chi connectivity index (χ0n) is 21.3. The minimum atomic E-state index is -0.263. The molecule has 2 aliphatic rings. The van der Waals surface area contributed by atoms with Gasteiger partial charge in [-0.25, -0.2) is 9.37 Å². The van der Waals surface area contributed by atoms with Gasteiger partial charge in [0, 0.05) is 36.5 Å². The number of benzene rings is 2. The number of ether oxygens (including phenoxy) is 1. The first-order chi connectivity index (χ1) is 17.5. The van der Waals surface area contributed by atoms with Gasteiger partial charge in [0.25, 0.3) is 5.91 Å². The number of rotatable bonds is 5. The molecule has 11 heteroatoms. The van der Waals surface area contributed by atoms with Crippen molar-refractivity contribution in [3.63, 3.8) is 0 Å². The molecule has 6 rings (SSSR count). The maximum absolute atomic E-state index is 15.1. The van der Waals surface area contributed by atoms with Gasteiger partial charge in [0.1, 0.15) is 11.6 Å². The molecule has 2 aromatic carbocycles. The fourth-order valence-corrected chi connectivity index (χ4v) is 6.50. The summed E-state index contributed by atoms with van der Waals surface area (Å²) in [5.41, 5.74) is 3.46. The van der Waals surface area contributed by atoms with Gasteiger partial charge in [-0.3, -0.25) is 9.20 Å². The van der Waals surface area contributed by atoms with Crippen molar-refractivity contribution in [1.29, 1.82) is 0 Å². The van der Waals surface area contributed by atoms with E-state index in [0.717, 1.165) is 66.1 Å². The van der Waals surface area contributed by atoms with E-state index in [0.29, 0.717) is 22.6 Å². The topological polar surface area (TPSA) is 70.9 Å². The van der Waals surface area contributed by atoms with Crippen molar-refractivity contribution in [3.8, 4) is 17.0 Å². The molecule has 0 saturated carbocycles. The molecule has 38 heavy (non-hydrogen) atoms. The average molecular weight is 581 g/mol. The minimum absolute atomic E-state index is 0. The fraction of sp³-hybridized carbons (Fsp3) is 0.407. The van der Waals surface area contributed by atoms with Crippen LogP contribution < -0.4 is 15.4 Å². The summed E-state index contributed by atoms with van der Waals surface area (Å²) in [4.78, 5) is 20.8. The molecule has 2 aliphatic heterocycles. The van der Waals surface area contributed by atoms with Crippen LogP contribution in [0.15, 0.2) is 36.5 Å². The first-order valence-electron chi connectivity index (χ1n) is 12.5. The molecule has 1 amide bonds. The molecule has 4 heterocycles. The lowest BCUT2D eigenvalue weighted by molar-refractivity contribution is 0.0909. The number of nitrogens with one attached hydrogen (secondary N) is 2. The van der Waals surface area contributed by atoms with E-state index < -0.39 is 0 Å². The third kappa shape index (κ3) is 5.35.